The van der Waals surface area contributed by atoms with Crippen LogP contribution in [-0.2, 0) is 9.53 Å². The van der Waals surface area contributed by atoms with Crippen LogP contribution in [0.4, 0.5) is 0 Å². The second kappa shape index (κ2) is 5.94. The molecule has 0 aliphatic rings. The Hall–Kier alpha value is -1.97. The SMILES string of the molecule is COC(=O)C=Cc1cc(OC)c(C)c(OC)c1. The number of carbonyl (C=O) groups excluding carboxylic acids is 1. The van der Waals surface area contributed by atoms with E-state index >= 15 is 0 Å². The van der Waals surface area contributed by atoms with Crippen LogP contribution in [-0.4, -0.2) is 27.3 Å². The third-order valence-electron chi connectivity index (χ3n) is 2.39. The van der Waals surface area contributed by atoms with Crippen LogP contribution in [0.5, 0.6) is 11.5 Å². The molecule has 0 fully saturated rings. The molecule has 1 aromatic rings. The lowest BCUT2D eigenvalue weighted by Gasteiger charge is -2.10. The molecule has 0 unspecified atom stereocenters. The molecular formula is C13H16O4. The van der Waals surface area contributed by atoms with Crippen molar-refractivity contribution < 1.29 is 19.0 Å². The monoisotopic (exact) mass is 236 g/mol. The van der Waals surface area contributed by atoms with Crippen molar-refractivity contribution in [2.24, 2.45) is 0 Å². The summed E-state index contributed by atoms with van der Waals surface area (Å²) in [6.07, 6.45) is 3.00. The second-order valence-electron chi connectivity index (χ2n) is 3.41. The molecule has 0 saturated carbocycles. The van der Waals surface area contributed by atoms with Crippen molar-refractivity contribution in [2.45, 2.75) is 6.92 Å². The maximum atomic E-state index is 11.0. The Kier molecular flexibility index (Phi) is 4.57. The first-order valence-corrected chi connectivity index (χ1v) is 5.11. The lowest BCUT2D eigenvalue weighted by molar-refractivity contribution is -0.134. The topological polar surface area (TPSA) is 44.8 Å². The summed E-state index contributed by atoms with van der Waals surface area (Å²) in [6.45, 7) is 1.91. The van der Waals surface area contributed by atoms with E-state index in [1.54, 1.807) is 20.3 Å². The van der Waals surface area contributed by atoms with E-state index in [-0.39, 0.29) is 0 Å². The third kappa shape index (κ3) is 3.24. The van der Waals surface area contributed by atoms with E-state index in [9.17, 15) is 4.79 Å². The van der Waals surface area contributed by atoms with E-state index < -0.39 is 5.97 Å². The van der Waals surface area contributed by atoms with Crippen molar-refractivity contribution >= 4 is 12.0 Å². The summed E-state index contributed by atoms with van der Waals surface area (Å²) in [6, 6.07) is 3.66. The average molecular weight is 236 g/mol. The molecule has 0 heterocycles. The van der Waals surface area contributed by atoms with Crippen molar-refractivity contribution in [1.82, 2.24) is 0 Å². The fraction of sp³-hybridized carbons (Fsp3) is 0.308. The lowest BCUT2D eigenvalue weighted by Crippen LogP contribution is -1.95. The predicted octanol–water partition coefficient (Wildman–Crippen LogP) is 2.20. The summed E-state index contributed by atoms with van der Waals surface area (Å²) >= 11 is 0. The zero-order valence-electron chi connectivity index (χ0n) is 10.4. The molecular weight excluding hydrogens is 220 g/mol. The highest BCUT2D eigenvalue weighted by molar-refractivity contribution is 5.87. The summed E-state index contributed by atoms with van der Waals surface area (Å²) in [4.78, 5) is 11.0. The first kappa shape index (κ1) is 13.1. The molecule has 0 radical (unpaired) electrons. The second-order valence-corrected chi connectivity index (χ2v) is 3.41. The highest BCUT2D eigenvalue weighted by Crippen LogP contribution is 2.29. The van der Waals surface area contributed by atoms with Gasteiger partial charge in [-0.15, -0.1) is 0 Å². The molecule has 4 heteroatoms. The molecule has 0 amide bonds. The van der Waals surface area contributed by atoms with Gasteiger partial charge in [0.25, 0.3) is 0 Å². The molecule has 4 nitrogen and oxygen atoms in total. The Morgan fingerprint density at radius 3 is 2.06 bits per heavy atom. The van der Waals surface area contributed by atoms with Gasteiger partial charge in [-0.05, 0) is 30.7 Å². The first-order chi connectivity index (χ1) is 8.12. The maximum absolute atomic E-state index is 11.0. The fourth-order valence-corrected chi connectivity index (χ4v) is 1.43. The molecule has 1 rings (SSSR count). The van der Waals surface area contributed by atoms with Crippen LogP contribution in [0.3, 0.4) is 0 Å². The summed E-state index contributed by atoms with van der Waals surface area (Å²) < 4.78 is 15.0. The summed E-state index contributed by atoms with van der Waals surface area (Å²) in [5.74, 6) is 1.03. The third-order valence-corrected chi connectivity index (χ3v) is 2.39. The Bertz CT molecular complexity index is 410. The molecule has 0 bridgehead atoms. The van der Waals surface area contributed by atoms with Crippen LogP contribution in [0.1, 0.15) is 11.1 Å². The van der Waals surface area contributed by atoms with Gasteiger partial charge in [-0.25, -0.2) is 4.79 Å². The molecule has 0 N–H and O–H groups in total. The first-order valence-electron chi connectivity index (χ1n) is 5.11. The molecule has 0 saturated heterocycles. The van der Waals surface area contributed by atoms with Crippen LogP contribution in [0.2, 0.25) is 0 Å². The molecule has 0 aliphatic heterocycles. The normalized spacial score (nSPS) is 10.4. The standard InChI is InChI=1S/C13H16O4/c1-9-11(15-2)7-10(8-12(9)16-3)5-6-13(14)17-4/h5-8H,1-4H3. The van der Waals surface area contributed by atoms with E-state index in [1.807, 2.05) is 19.1 Å². The zero-order valence-corrected chi connectivity index (χ0v) is 10.4. The lowest BCUT2D eigenvalue weighted by atomic mass is 10.1. The fourth-order valence-electron chi connectivity index (χ4n) is 1.43. The minimum Gasteiger partial charge on any atom is -0.496 e. The number of carbonyl (C=O) groups is 1. The number of esters is 1. The summed E-state index contributed by atoms with van der Waals surface area (Å²) in [7, 11) is 4.52. The van der Waals surface area contributed by atoms with Gasteiger partial charge in [-0.1, -0.05) is 0 Å². The van der Waals surface area contributed by atoms with Gasteiger partial charge in [0.05, 0.1) is 21.3 Å². The van der Waals surface area contributed by atoms with E-state index in [0.29, 0.717) is 11.5 Å². The van der Waals surface area contributed by atoms with Crippen molar-refractivity contribution in [3.8, 4) is 11.5 Å². The van der Waals surface area contributed by atoms with Crippen LogP contribution in [0.15, 0.2) is 18.2 Å². The minimum atomic E-state index is -0.400. The smallest absolute Gasteiger partial charge is 0.330 e. The van der Waals surface area contributed by atoms with E-state index in [2.05, 4.69) is 4.74 Å². The molecule has 0 spiro atoms. The van der Waals surface area contributed by atoms with Crippen molar-refractivity contribution in [3.05, 3.63) is 29.3 Å². The number of ether oxygens (including phenoxy) is 3. The van der Waals surface area contributed by atoms with Crippen LogP contribution < -0.4 is 9.47 Å². The van der Waals surface area contributed by atoms with Gasteiger partial charge in [0.15, 0.2) is 0 Å². The molecule has 1 aromatic carbocycles. The van der Waals surface area contributed by atoms with Gasteiger partial charge in [0.1, 0.15) is 11.5 Å². The largest absolute Gasteiger partial charge is 0.496 e. The van der Waals surface area contributed by atoms with E-state index in [4.69, 9.17) is 9.47 Å². The van der Waals surface area contributed by atoms with Crippen LogP contribution in [0.25, 0.3) is 6.08 Å². The van der Waals surface area contributed by atoms with Gasteiger partial charge >= 0.3 is 5.97 Å². The van der Waals surface area contributed by atoms with Crippen molar-refractivity contribution in [3.63, 3.8) is 0 Å². The molecule has 17 heavy (non-hydrogen) atoms. The number of benzene rings is 1. The van der Waals surface area contributed by atoms with E-state index in [1.165, 1.54) is 13.2 Å². The van der Waals surface area contributed by atoms with Crippen molar-refractivity contribution in [1.29, 1.82) is 0 Å². The van der Waals surface area contributed by atoms with Gasteiger partial charge in [0, 0.05) is 11.6 Å². The highest BCUT2D eigenvalue weighted by atomic mass is 16.5. The Morgan fingerprint density at radius 1 is 1.12 bits per heavy atom. The van der Waals surface area contributed by atoms with Crippen LogP contribution >= 0.6 is 0 Å². The number of hydrogen-bond donors (Lipinski definition) is 0. The van der Waals surface area contributed by atoms with Gasteiger partial charge in [0.2, 0.25) is 0 Å². The predicted molar refractivity (Wildman–Crippen MR) is 65.3 cm³/mol. The van der Waals surface area contributed by atoms with Gasteiger partial charge in [-0.3, -0.25) is 0 Å². The molecule has 0 aromatic heterocycles. The Morgan fingerprint density at radius 2 is 1.65 bits per heavy atom. The number of methoxy groups -OCH3 is 3. The average Bonchev–Trinajstić information content (AvgIpc) is 2.36. The minimum absolute atomic E-state index is 0.400. The quantitative estimate of drug-likeness (QED) is 0.594. The molecule has 92 valence electrons. The van der Waals surface area contributed by atoms with E-state index in [0.717, 1.165) is 11.1 Å². The highest BCUT2D eigenvalue weighted by Gasteiger charge is 2.07. The van der Waals surface area contributed by atoms with Crippen LogP contribution in [0, 0.1) is 6.92 Å². The number of rotatable bonds is 4. The maximum Gasteiger partial charge on any atom is 0.330 e. The zero-order chi connectivity index (χ0) is 12.8. The van der Waals surface area contributed by atoms with Crippen molar-refractivity contribution in [2.75, 3.05) is 21.3 Å². The van der Waals surface area contributed by atoms with Gasteiger partial charge < -0.3 is 14.2 Å². The number of hydrogen-bond acceptors (Lipinski definition) is 4. The Labute approximate surface area is 101 Å². The molecule has 0 aliphatic carbocycles. The molecule has 0 atom stereocenters. The van der Waals surface area contributed by atoms with Gasteiger partial charge in [-0.2, -0.15) is 0 Å². The Balaban J connectivity index is 3.09. The summed E-state index contributed by atoms with van der Waals surface area (Å²) in [5, 5.41) is 0. The summed E-state index contributed by atoms with van der Waals surface area (Å²) in [5.41, 5.74) is 1.74.